The van der Waals surface area contributed by atoms with E-state index in [9.17, 15) is 4.79 Å². The van der Waals surface area contributed by atoms with Crippen molar-refractivity contribution in [3.8, 4) is 5.82 Å². The smallest absolute Gasteiger partial charge is 0.246 e. The topological polar surface area (TPSA) is 54.3 Å². The number of rotatable bonds is 4. The second-order valence-corrected chi connectivity index (χ2v) is 7.22. The van der Waals surface area contributed by atoms with Gasteiger partial charge in [-0.3, -0.25) is 4.79 Å². The zero-order valence-electron chi connectivity index (χ0n) is 16.8. The Morgan fingerprint density at radius 2 is 1.62 bits per heavy atom. The zero-order valence-corrected chi connectivity index (χ0v) is 16.8. The van der Waals surface area contributed by atoms with Gasteiger partial charge in [0.25, 0.3) is 0 Å². The van der Waals surface area contributed by atoms with Crippen molar-refractivity contribution in [3.63, 3.8) is 0 Å². The summed E-state index contributed by atoms with van der Waals surface area (Å²) in [6.45, 7) is 6.83. The molecule has 29 heavy (non-hydrogen) atoms. The summed E-state index contributed by atoms with van der Waals surface area (Å²) in [6.07, 6.45) is 7.53. The molecular weight excluding hydrogens is 362 g/mol. The Hall–Kier alpha value is -3.41. The first kappa shape index (κ1) is 18.9. The number of aromatic nitrogens is 3. The molecule has 1 fully saturated rings. The van der Waals surface area contributed by atoms with Crippen LogP contribution in [-0.4, -0.2) is 51.5 Å². The third kappa shape index (κ3) is 4.37. The average Bonchev–Trinajstić information content (AvgIpc) is 3.28. The third-order valence-electron chi connectivity index (χ3n) is 5.19. The van der Waals surface area contributed by atoms with Crippen molar-refractivity contribution >= 4 is 17.8 Å². The van der Waals surface area contributed by atoms with Gasteiger partial charge in [0.1, 0.15) is 17.5 Å². The number of anilines is 1. The first-order valence-corrected chi connectivity index (χ1v) is 9.87. The number of hydrogen-bond acceptors (Lipinski definition) is 4. The molecule has 0 radical (unpaired) electrons. The lowest BCUT2D eigenvalue weighted by Crippen LogP contribution is -2.48. The predicted molar refractivity (Wildman–Crippen MR) is 115 cm³/mol. The van der Waals surface area contributed by atoms with E-state index in [1.165, 1.54) is 5.56 Å². The summed E-state index contributed by atoms with van der Waals surface area (Å²) in [5, 5.41) is 0. The van der Waals surface area contributed by atoms with Crippen LogP contribution in [0.15, 0.2) is 60.9 Å². The van der Waals surface area contributed by atoms with Crippen molar-refractivity contribution in [2.45, 2.75) is 13.8 Å². The van der Waals surface area contributed by atoms with Crippen LogP contribution < -0.4 is 4.90 Å². The molecule has 3 heterocycles. The molecule has 0 atom stereocenters. The molecule has 148 valence electrons. The van der Waals surface area contributed by atoms with Crippen LogP contribution in [0.25, 0.3) is 11.9 Å². The summed E-state index contributed by atoms with van der Waals surface area (Å²) in [5.74, 6) is 2.56. The van der Waals surface area contributed by atoms with Crippen LogP contribution in [0.1, 0.15) is 17.0 Å². The van der Waals surface area contributed by atoms with Crippen LogP contribution in [0.4, 0.5) is 5.82 Å². The molecule has 1 aliphatic heterocycles. The number of carbonyl (C=O) groups excluding carboxylic acids is 1. The quantitative estimate of drug-likeness (QED) is 0.645. The van der Waals surface area contributed by atoms with Crippen molar-refractivity contribution in [2.24, 2.45) is 0 Å². The highest BCUT2D eigenvalue weighted by atomic mass is 16.2. The highest BCUT2D eigenvalue weighted by Gasteiger charge is 2.21. The maximum absolute atomic E-state index is 12.6. The van der Waals surface area contributed by atoms with Gasteiger partial charge in [-0.25, -0.2) is 9.97 Å². The fourth-order valence-corrected chi connectivity index (χ4v) is 3.51. The molecule has 0 saturated carbocycles. The second-order valence-electron chi connectivity index (χ2n) is 7.22. The van der Waals surface area contributed by atoms with E-state index in [1.807, 2.05) is 71.3 Å². The molecule has 0 spiro atoms. The summed E-state index contributed by atoms with van der Waals surface area (Å²) < 4.78 is 1.98. The predicted octanol–water partition coefficient (Wildman–Crippen LogP) is 3.25. The van der Waals surface area contributed by atoms with E-state index in [2.05, 4.69) is 27.9 Å². The molecule has 3 aromatic rings. The third-order valence-corrected chi connectivity index (χ3v) is 5.19. The lowest BCUT2D eigenvalue weighted by Gasteiger charge is -2.35. The fourth-order valence-electron chi connectivity index (χ4n) is 3.51. The number of aryl methyl sites for hydroxylation is 2. The SMILES string of the molecule is Cc1nc(N2CCN(C(=O)/C=C/c3ccccc3C)CC2)cc(-n2cccc2)n1. The number of hydrogen-bond donors (Lipinski definition) is 0. The minimum Gasteiger partial charge on any atom is -0.353 e. The van der Waals surface area contributed by atoms with Gasteiger partial charge in [-0.05, 0) is 43.2 Å². The van der Waals surface area contributed by atoms with Gasteiger partial charge in [-0.2, -0.15) is 0 Å². The summed E-state index contributed by atoms with van der Waals surface area (Å²) in [5.41, 5.74) is 2.24. The molecule has 1 saturated heterocycles. The Kier molecular flexibility index (Phi) is 5.42. The molecule has 2 aromatic heterocycles. The van der Waals surface area contributed by atoms with Crippen molar-refractivity contribution < 1.29 is 4.79 Å². The standard InChI is InChI=1S/C23H25N5O/c1-18-7-3-4-8-20(18)9-10-23(29)28-15-13-27(14-16-28)22-17-21(24-19(2)25-22)26-11-5-6-12-26/h3-12,17H,13-16H2,1-2H3/b10-9+. The molecule has 4 rings (SSSR count). The van der Waals surface area contributed by atoms with Crippen LogP contribution in [-0.2, 0) is 4.79 Å². The van der Waals surface area contributed by atoms with E-state index >= 15 is 0 Å². The van der Waals surface area contributed by atoms with Crippen molar-refractivity contribution in [1.82, 2.24) is 19.4 Å². The second kappa shape index (κ2) is 8.31. The van der Waals surface area contributed by atoms with E-state index < -0.39 is 0 Å². The van der Waals surface area contributed by atoms with Gasteiger partial charge >= 0.3 is 0 Å². The minimum absolute atomic E-state index is 0.0554. The first-order chi connectivity index (χ1) is 14.1. The number of amides is 1. The van der Waals surface area contributed by atoms with Crippen molar-refractivity contribution in [3.05, 3.63) is 77.9 Å². The molecule has 1 amide bonds. The molecule has 6 heteroatoms. The van der Waals surface area contributed by atoms with Gasteiger partial charge < -0.3 is 14.4 Å². The van der Waals surface area contributed by atoms with Gasteiger partial charge in [0, 0.05) is 50.7 Å². The number of piperazine rings is 1. The fraction of sp³-hybridized carbons (Fsp3) is 0.261. The largest absolute Gasteiger partial charge is 0.353 e. The molecule has 0 unspecified atom stereocenters. The normalized spacial score (nSPS) is 14.6. The van der Waals surface area contributed by atoms with E-state index in [-0.39, 0.29) is 5.91 Å². The van der Waals surface area contributed by atoms with E-state index in [4.69, 9.17) is 0 Å². The molecular formula is C23H25N5O. The maximum atomic E-state index is 12.6. The molecule has 0 N–H and O–H groups in total. The van der Waals surface area contributed by atoms with Crippen LogP contribution in [0.2, 0.25) is 0 Å². The van der Waals surface area contributed by atoms with Crippen molar-refractivity contribution in [1.29, 1.82) is 0 Å². The number of benzene rings is 1. The first-order valence-electron chi connectivity index (χ1n) is 9.87. The Morgan fingerprint density at radius 1 is 0.931 bits per heavy atom. The van der Waals surface area contributed by atoms with E-state index in [0.717, 1.165) is 36.1 Å². The monoisotopic (exact) mass is 387 g/mol. The lowest BCUT2D eigenvalue weighted by atomic mass is 10.1. The summed E-state index contributed by atoms with van der Waals surface area (Å²) in [6, 6.07) is 14.0. The molecule has 0 aliphatic carbocycles. The molecule has 6 nitrogen and oxygen atoms in total. The Labute approximate surface area is 171 Å². The Bertz CT molecular complexity index is 1020. The minimum atomic E-state index is 0.0554. The molecule has 0 bridgehead atoms. The zero-order chi connectivity index (χ0) is 20.2. The molecule has 1 aromatic carbocycles. The van der Waals surface area contributed by atoms with Crippen LogP contribution >= 0.6 is 0 Å². The number of nitrogens with zero attached hydrogens (tertiary/aromatic N) is 5. The highest BCUT2D eigenvalue weighted by molar-refractivity contribution is 5.92. The van der Waals surface area contributed by atoms with Crippen LogP contribution in [0.3, 0.4) is 0 Å². The summed E-state index contributed by atoms with van der Waals surface area (Å²) in [4.78, 5) is 25.8. The molecule has 1 aliphatic rings. The van der Waals surface area contributed by atoms with Gasteiger partial charge in [0.2, 0.25) is 5.91 Å². The van der Waals surface area contributed by atoms with E-state index in [1.54, 1.807) is 6.08 Å². The average molecular weight is 387 g/mol. The maximum Gasteiger partial charge on any atom is 0.246 e. The van der Waals surface area contributed by atoms with Gasteiger partial charge in [0.05, 0.1) is 0 Å². The number of carbonyl (C=O) groups is 1. The van der Waals surface area contributed by atoms with E-state index in [0.29, 0.717) is 13.1 Å². The van der Waals surface area contributed by atoms with Gasteiger partial charge in [0.15, 0.2) is 0 Å². The van der Waals surface area contributed by atoms with Crippen LogP contribution in [0, 0.1) is 13.8 Å². The Morgan fingerprint density at radius 3 is 2.34 bits per heavy atom. The van der Waals surface area contributed by atoms with Gasteiger partial charge in [-0.1, -0.05) is 24.3 Å². The highest BCUT2D eigenvalue weighted by Crippen LogP contribution is 2.18. The lowest BCUT2D eigenvalue weighted by molar-refractivity contribution is -0.126. The van der Waals surface area contributed by atoms with Crippen LogP contribution in [0.5, 0.6) is 0 Å². The summed E-state index contributed by atoms with van der Waals surface area (Å²) >= 11 is 0. The van der Waals surface area contributed by atoms with Crippen molar-refractivity contribution in [2.75, 3.05) is 31.1 Å². The summed E-state index contributed by atoms with van der Waals surface area (Å²) in [7, 11) is 0. The Balaban J connectivity index is 1.41. The van der Waals surface area contributed by atoms with Gasteiger partial charge in [-0.15, -0.1) is 0 Å².